The molecule has 0 saturated heterocycles. The van der Waals surface area contributed by atoms with E-state index in [2.05, 4.69) is 10.0 Å². The zero-order chi connectivity index (χ0) is 21.2. The molecule has 3 aromatic carbocycles. The normalized spacial score (nSPS) is 11.3. The number of thioether (sulfide) groups is 1. The average molecular weight is 439 g/mol. The first-order valence-corrected chi connectivity index (χ1v) is 11.9. The Kier molecular flexibility index (Phi) is 7.70. The van der Waals surface area contributed by atoms with Gasteiger partial charge in [0.05, 0.1) is 5.41 Å². The maximum Gasteiger partial charge on any atom is 0.255 e. The first-order valence-electron chi connectivity index (χ1n) is 9.34. The second-order valence-electron chi connectivity index (χ2n) is 6.36. The minimum atomic E-state index is -3.64. The van der Waals surface area contributed by atoms with E-state index in [-0.39, 0.29) is 5.91 Å². The fraction of sp³-hybridized carbons (Fsp3) is 0.0870. The lowest BCUT2D eigenvalue weighted by atomic mass is 10.2. The van der Waals surface area contributed by atoms with Crippen molar-refractivity contribution in [1.82, 2.24) is 5.32 Å². The van der Waals surface area contributed by atoms with Crippen LogP contribution in [0, 0.1) is 0 Å². The highest BCUT2D eigenvalue weighted by molar-refractivity contribution is 7.99. The van der Waals surface area contributed by atoms with Crippen molar-refractivity contribution >= 4 is 39.5 Å². The topological polar surface area (TPSA) is 75.3 Å². The molecule has 0 atom stereocenters. The summed E-state index contributed by atoms with van der Waals surface area (Å²) in [5, 5.41) is 3.98. The van der Waals surface area contributed by atoms with Crippen LogP contribution in [0.25, 0.3) is 6.08 Å². The molecule has 0 fully saturated rings. The van der Waals surface area contributed by atoms with Crippen molar-refractivity contribution in [3.8, 4) is 0 Å². The fourth-order valence-corrected chi connectivity index (χ4v) is 4.23. The predicted octanol–water partition coefficient (Wildman–Crippen LogP) is 4.62. The van der Waals surface area contributed by atoms with Crippen molar-refractivity contribution < 1.29 is 13.2 Å². The molecule has 7 heteroatoms. The summed E-state index contributed by atoms with van der Waals surface area (Å²) in [6.45, 7) is 0.539. The molecule has 5 nitrogen and oxygen atoms in total. The molecule has 154 valence electrons. The van der Waals surface area contributed by atoms with Crippen molar-refractivity contribution in [3.63, 3.8) is 0 Å². The highest BCUT2D eigenvalue weighted by atomic mass is 32.2. The van der Waals surface area contributed by atoms with Crippen LogP contribution in [0.2, 0.25) is 0 Å². The van der Waals surface area contributed by atoms with E-state index in [4.69, 9.17) is 0 Å². The number of hydrogen-bond acceptors (Lipinski definition) is 4. The van der Waals surface area contributed by atoms with Gasteiger partial charge < -0.3 is 5.32 Å². The van der Waals surface area contributed by atoms with Gasteiger partial charge in [-0.15, -0.1) is 11.8 Å². The molecule has 0 aromatic heterocycles. The summed E-state index contributed by atoms with van der Waals surface area (Å²) in [4.78, 5) is 13.4. The molecule has 2 N–H and O–H groups in total. The SMILES string of the molecule is O=C(NCCSc1ccccc1)c1ccc(NS(=O)(=O)/C=C/c2ccccc2)cc1. The lowest BCUT2D eigenvalue weighted by molar-refractivity contribution is 0.0956. The van der Waals surface area contributed by atoms with Crippen molar-refractivity contribution in [2.75, 3.05) is 17.0 Å². The molecule has 3 rings (SSSR count). The predicted molar refractivity (Wildman–Crippen MR) is 124 cm³/mol. The molecule has 3 aromatic rings. The molecule has 30 heavy (non-hydrogen) atoms. The molecule has 1 amide bonds. The Morgan fingerprint density at radius 2 is 1.50 bits per heavy atom. The number of rotatable bonds is 9. The molecule has 0 bridgehead atoms. The lowest BCUT2D eigenvalue weighted by Gasteiger charge is -2.07. The highest BCUT2D eigenvalue weighted by Crippen LogP contribution is 2.16. The first kappa shape index (κ1) is 21.7. The molecule has 0 spiro atoms. The number of amides is 1. The number of sulfonamides is 1. The largest absolute Gasteiger partial charge is 0.351 e. The smallest absolute Gasteiger partial charge is 0.255 e. The van der Waals surface area contributed by atoms with Crippen LogP contribution in [0.15, 0.2) is 95.2 Å². The lowest BCUT2D eigenvalue weighted by Crippen LogP contribution is -2.25. The molecule has 0 saturated carbocycles. The third-order valence-electron chi connectivity index (χ3n) is 4.05. The zero-order valence-electron chi connectivity index (χ0n) is 16.2. The standard InChI is InChI=1S/C23H22N2O3S2/c26-23(24-16-17-29-22-9-5-2-6-10-22)20-11-13-21(14-12-20)25-30(27,28)18-15-19-7-3-1-4-8-19/h1-15,18,25H,16-17H2,(H,24,26)/b18-15+. The Balaban J connectivity index is 1.49. The maximum atomic E-state index is 12.2. The van der Waals surface area contributed by atoms with E-state index in [0.717, 1.165) is 21.6 Å². The monoisotopic (exact) mass is 438 g/mol. The zero-order valence-corrected chi connectivity index (χ0v) is 17.8. The maximum absolute atomic E-state index is 12.2. The van der Waals surface area contributed by atoms with Crippen LogP contribution in [-0.4, -0.2) is 26.6 Å². The van der Waals surface area contributed by atoms with E-state index >= 15 is 0 Å². The second kappa shape index (κ2) is 10.7. The Morgan fingerprint density at radius 3 is 2.17 bits per heavy atom. The average Bonchev–Trinajstić information content (AvgIpc) is 2.77. The fourth-order valence-electron chi connectivity index (χ4n) is 2.57. The number of carbonyl (C=O) groups is 1. The van der Waals surface area contributed by atoms with Crippen LogP contribution in [-0.2, 0) is 10.0 Å². The van der Waals surface area contributed by atoms with Gasteiger partial charge in [0.2, 0.25) is 0 Å². The van der Waals surface area contributed by atoms with Gasteiger partial charge in [-0.25, -0.2) is 8.42 Å². The minimum Gasteiger partial charge on any atom is -0.351 e. The summed E-state index contributed by atoms with van der Waals surface area (Å²) in [7, 11) is -3.64. The van der Waals surface area contributed by atoms with Crippen LogP contribution < -0.4 is 10.0 Å². The number of anilines is 1. The Hall–Kier alpha value is -3.03. The Morgan fingerprint density at radius 1 is 0.867 bits per heavy atom. The summed E-state index contributed by atoms with van der Waals surface area (Å²) >= 11 is 1.67. The third-order valence-corrected chi connectivity index (χ3v) is 6.07. The summed E-state index contributed by atoms with van der Waals surface area (Å²) in [5.74, 6) is 0.573. The van der Waals surface area contributed by atoms with Crippen LogP contribution in [0.3, 0.4) is 0 Å². The van der Waals surface area contributed by atoms with Gasteiger partial charge in [-0.1, -0.05) is 48.5 Å². The second-order valence-corrected chi connectivity index (χ2v) is 9.09. The van der Waals surface area contributed by atoms with Gasteiger partial charge in [-0.2, -0.15) is 0 Å². The number of benzene rings is 3. The Bertz CT molecular complexity index is 1080. The van der Waals surface area contributed by atoms with Crippen LogP contribution in [0.1, 0.15) is 15.9 Å². The molecular formula is C23H22N2O3S2. The quantitative estimate of drug-likeness (QED) is 0.378. The summed E-state index contributed by atoms with van der Waals surface area (Å²) in [6.07, 6.45) is 1.53. The van der Waals surface area contributed by atoms with Crippen LogP contribution in [0.5, 0.6) is 0 Å². The molecule has 0 radical (unpaired) electrons. The summed E-state index contributed by atoms with van der Waals surface area (Å²) < 4.78 is 26.9. The van der Waals surface area contributed by atoms with Crippen molar-refractivity contribution in [1.29, 1.82) is 0 Å². The molecule has 0 aliphatic rings. The van der Waals surface area contributed by atoms with E-state index in [1.54, 1.807) is 36.0 Å². The summed E-state index contributed by atoms with van der Waals surface area (Å²) in [5.41, 5.74) is 1.66. The van der Waals surface area contributed by atoms with E-state index in [9.17, 15) is 13.2 Å². The van der Waals surface area contributed by atoms with Crippen LogP contribution in [0.4, 0.5) is 5.69 Å². The van der Waals surface area contributed by atoms with E-state index in [1.165, 1.54) is 6.08 Å². The van der Waals surface area contributed by atoms with Gasteiger partial charge in [-0.3, -0.25) is 9.52 Å². The molecular weight excluding hydrogens is 416 g/mol. The molecule has 0 heterocycles. The number of hydrogen-bond donors (Lipinski definition) is 2. The third kappa shape index (κ3) is 7.09. The van der Waals surface area contributed by atoms with E-state index in [0.29, 0.717) is 17.8 Å². The van der Waals surface area contributed by atoms with Crippen molar-refractivity contribution in [3.05, 3.63) is 101 Å². The van der Waals surface area contributed by atoms with Gasteiger partial charge in [0.15, 0.2) is 0 Å². The Labute approximate surface area is 181 Å². The molecule has 0 aliphatic carbocycles. The van der Waals surface area contributed by atoms with Gasteiger partial charge >= 0.3 is 0 Å². The van der Waals surface area contributed by atoms with Gasteiger partial charge in [0.25, 0.3) is 15.9 Å². The van der Waals surface area contributed by atoms with Gasteiger partial charge in [-0.05, 0) is 48.0 Å². The van der Waals surface area contributed by atoms with Gasteiger partial charge in [0.1, 0.15) is 0 Å². The van der Waals surface area contributed by atoms with E-state index in [1.807, 2.05) is 60.7 Å². The first-order chi connectivity index (χ1) is 14.5. The van der Waals surface area contributed by atoms with Crippen molar-refractivity contribution in [2.45, 2.75) is 4.90 Å². The highest BCUT2D eigenvalue weighted by Gasteiger charge is 2.08. The molecule has 0 aliphatic heterocycles. The van der Waals surface area contributed by atoms with E-state index < -0.39 is 10.0 Å². The summed E-state index contributed by atoms with van der Waals surface area (Å²) in [6, 6.07) is 25.5. The number of nitrogens with one attached hydrogen (secondary N) is 2. The van der Waals surface area contributed by atoms with Crippen molar-refractivity contribution in [2.24, 2.45) is 0 Å². The molecule has 0 unspecified atom stereocenters. The number of carbonyl (C=O) groups excluding carboxylic acids is 1. The van der Waals surface area contributed by atoms with Gasteiger partial charge in [0, 0.05) is 28.4 Å². The minimum absolute atomic E-state index is 0.193. The van der Waals surface area contributed by atoms with Crippen LogP contribution >= 0.6 is 11.8 Å².